The van der Waals surface area contributed by atoms with Crippen LogP contribution in [0, 0.1) is 0 Å². The summed E-state index contributed by atoms with van der Waals surface area (Å²) in [7, 11) is 0. The molecule has 0 aliphatic heterocycles. The molecule has 220 valence electrons. The van der Waals surface area contributed by atoms with Crippen molar-refractivity contribution in [3.8, 4) is 0 Å². The van der Waals surface area contributed by atoms with Crippen LogP contribution in [0.15, 0.2) is 69.7 Å². The number of nitrogens with zero attached hydrogens (tertiary/aromatic N) is 4. The molecule has 0 amide bonds. The number of furan rings is 1. The highest BCUT2D eigenvalue weighted by Gasteiger charge is 2.00. The average molecular weight is 602 g/mol. The molecule has 1 N–H and O–H groups in total. The molecular weight excluding hydrogens is 555 g/mol. The highest BCUT2D eigenvalue weighted by Crippen LogP contribution is 2.19. The van der Waals surface area contributed by atoms with Gasteiger partial charge in [-0.15, -0.1) is 44.2 Å². The average Bonchev–Trinajstić information content (AvgIpc) is 3.74. The minimum absolute atomic E-state index is 0.519. The maximum absolute atomic E-state index is 5.09. The second-order valence-electron chi connectivity index (χ2n) is 10.5. The summed E-state index contributed by atoms with van der Waals surface area (Å²) in [5.74, 6) is 3.97. The first-order chi connectivity index (χ1) is 19.0. The van der Waals surface area contributed by atoms with Gasteiger partial charge in [-0.05, 0) is 41.5 Å². The molecule has 0 atom stereocenters. The SMILES string of the molecule is CC(C)c1ccco1.CC(C)c1cccs1.CC(C)c1ccn[nH]1.CC(C)c1nccs1.CC(C)c1nncs1. The molecule has 5 aromatic heterocycles. The Hall–Kier alpha value is -2.62. The Morgan fingerprint density at radius 2 is 1.40 bits per heavy atom. The standard InChI is InChI=1S/C7H10O.C7H10S.C6H10N2.C6H9NS.C5H8N2S/c2*1-6(2)7-4-3-5-8-7;1-5(2)6-3-4-7-8-6;1-5(2)6-7-3-4-8-6;1-4(2)5-7-6-3-8-5/h2*3-6H,1-2H3;3-5H,1-2H3,(H,7,8);3-5H,1-2H3;3-4H,1-2H3. The van der Waals surface area contributed by atoms with E-state index in [9.17, 15) is 0 Å². The van der Waals surface area contributed by atoms with Crippen LogP contribution in [0.5, 0.6) is 0 Å². The fourth-order valence-corrected chi connectivity index (χ4v) is 4.75. The van der Waals surface area contributed by atoms with Gasteiger partial charge in [0.05, 0.1) is 11.3 Å². The van der Waals surface area contributed by atoms with Gasteiger partial charge in [0.25, 0.3) is 0 Å². The zero-order valence-electron chi connectivity index (χ0n) is 25.7. The fraction of sp³-hybridized carbons (Fsp3) is 0.484. The van der Waals surface area contributed by atoms with Gasteiger partial charge in [-0.25, -0.2) is 4.98 Å². The van der Waals surface area contributed by atoms with Crippen molar-refractivity contribution in [2.45, 2.75) is 98.8 Å². The van der Waals surface area contributed by atoms with E-state index in [1.807, 2.05) is 41.1 Å². The van der Waals surface area contributed by atoms with Gasteiger partial charge in [0.15, 0.2) is 0 Å². The van der Waals surface area contributed by atoms with Gasteiger partial charge in [0.1, 0.15) is 16.3 Å². The fourth-order valence-electron chi connectivity index (χ4n) is 2.78. The zero-order valence-corrected chi connectivity index (χ0v) is 28.1. The number of rotatable bonds is 5. The highest BCUT2D eigenvalue weighted by molar-refractivity contribution is 7.10. The number of hydrogen-bond donors (Lipinski definition) is 1. The first-order valence-corrected chi connectivity index (χ1v) is 16.4. The number of aromatic nitrogens is 5. The molecule has 0 aromatic carbocycles. The van der Waals surface area contributed by atoms with Crippen molar-refractivity contribution in [1.29, 1.82) is 0 Å². The zero-order chi connectivity index (χ0) is 29.9. The predicted octanol–water partition coefficient (Wildman–Crippen LogP) is 10.7. The van der Waals surface area contributed by atoms with Crippen LogP contribution in [0.4, 0.5) is 0 Å². The Bertz CT molecular complexity index is 940. The van der Waals surface area contributed by atoms with Gasteiger partial charge in [0.2, 0.25) is 0 Å². The monoisotopic (exact) mass is 601 g/mol. The molecule has 0 bridgehead atoms. The van der Waals surface area contributed by atoms with Crippen molar-refractivity contribution >= 4 is 34.0 Å². The number of nitrogens with one attached hydrogen (secondary N) is 1. The lowest BCUT2D eigenvalue weighted by Gasteiger charge is -1.95. The summed E-state index contributed by atoms with van der Waals surface area (Å²) in [5, 5.41) is 20.8. The van der Waals surface area contributed by atoms with Gasteiger partial charge in [-0.2, -0.15) is 5.10 Å². The topological polar surface area (TPSA) is 80.5 Å². The minimum Gasteiger partial charge on any atom is -0.469 e. The molecule has 0 radical (unpaired) electrons. The largest absolute Gasteiger partial charge is 0.469 e. The lowest BCUT2D eigenvalue weighted by Crippen LogP contribution is -1.85. The maximum Gasteiger partial charge on any atom is 0.119 e. The van der Waals surface area contributed by atoms with E-state index in [0.29, 0.717) is 29.6 Å². The Balaban J connectivity index is 0.000000250. The van der Waals surface area contributed by atoms with Crippen molar-refractivity contribution in [3.05, 3.63) is 91.6 Å². The molecule has 5 aromatic rings. The third-order valence-electron chi connectivity index (χ3n) is 5.18. The Kier molecular flexibility index (Phi) is 18.0. The number of aromatic amines is 1. The van der Waals surface area contributed by atoms with Crippen LogP contribution in [-0.4, -0.2) is 25.4 Å². The second-order valence-corrected chi connectivity index (χ2v) is 13.2. The second kappa shape index (κ2) is 20.3. The summed E-state index contributed by atoms with van der Waals surface area (Å²) in [6, 6.07) is 10.2. The first-order valence-electron chi connectivity index (χ1n) is 13.7. The van der Waals surface area contributed by atoms with Crippen molar-refractivity contribution in [1.82, 2.24) is 25.4 Å². The molecule has 9 heteroatoms. The smallest absolute Gasteiger partial charge is 0.119 e. The van der Waals surface area contributed by atoms with Crippen LogP contribution < -0.4 is 0 Å². The van der Waals surface area contributed by atoms with E-state index < -0.39 is 0 Å². The van der Waals surface area contributed by atoms with E-state index in [0.717, 1.165) is 10.8 Å². The van der Waals surface area contributed by atoms with Crippen LogP contribution in [0.25, 0.3) is 0 Å². The lowest BCUT2D eigenvalue weighted by molar-refractivity contribution is 0.487. The van der Waals surface area contributed by atoms with Crippen molar-refractivity contribution in [2.24, 2.45) is 0 Å². The van der Waals surface area contributed by atoms with E-state index in [-0.39, 0.29) is 0 Å². The summed E-state index contributed by atoms with van der Waals surface area (Å²) in [6.45, 7) is 21.4. The quantitative estimate of drug-likeness (QED) is 0.217. The summed E-state index contributed by atoms with van der Waals surface area (Å²) < 4.78 is 5.09. The highest BCUT2D eigenvalue weighted by atomic mass is 32.1. The van der Waals surface area contributed by atoms with Crippen molar-refractivity contribution in [3.63, 3.8) is 0 Å². The molecule has 0 spiro atoms. The van der Waals surface area contributed by atoms with E-state index >= 15 is 0 Å². The molecule has 0 saturated carbocycles. The number of H-pyrrole nitrogens is 1. The lowest BCUT2D eigenvalue weighted by atomic mass is 10.1. The molecule has 0 fully saturated rings. The van der Waals surface area contributed by atoms with Crippen molar-refractivity contribution < 1.29 is 4.42 Å². The van der Waals surface area contributed by atoms with Gasteiger partial charge in [-0.3, -0.25) is 5.10 Å². The van der Waals surface area contributed by atoms with Gasteiger partial charge < -0.3 is 4.42 Å². The number of thiophene rings is 1. The normalized spacial score (nSPS) is 10.4. The van der Waals surface area contributed by atoms with Crippen LogP contribution in [0.3, 0.4) is 0 Å². The molecule has 6 nitrogen and oxygen atoms in total. The Morgan fingerprint density at radius 3 is 1.65 bits per heavy atom. The molecule has 0 aliphatic rings. The summed E-state index contributed by atoms with van der Waals surface area (Å²) >= 11 is 5.16. The summed E-state index contributed by atoms with van der Waals surface area (Å²) in [5.41, 5.74) is 2.96. The molecule has 0 aliphatic carbocycles. The van der Waals surface area contributed by atoms with E-state index in [1.54, 1.807) is 40.6 Å². The molecular formula is C31H47N5OS3. The Morgan fingerprint density at radius 1 is 0.675 bits per heavy atom. The van der Waals surface area contributed by atoms with Gasteiger partial charge >= 0.3 is 0 Å². The minimum atomic E-state index is 0.519. The number of thiazole rings is 1. The Labute approximate surface area is 253 Å². The van der Waals surface area contributed by atoms with Crippen LogP contribution in [0.1, 0.15) is 125 Å². The van der Waals surface area contributed by atoms with Gasteiger partial charge in [-0.1, -0.05) is 75.3 Å². The molecule has 0 saturated heterocycles. The summed E-state index contributed by atoms with van der Waals surface area (Å²) in [4.78, 5) is 5.61. The predicted molar refractivity (Wildman–Crippen MR) is 174 cm³/mol. The maximum atomic E-state index is 5.09. The first kappa shape index (κ1) is 35.4. The third kappa shape index (κ3) is 15.2. The molecule has 5 rings (SSSR count). The molecule has 40 heavy (non-hydrogen) atoms. The van der Waals surface area contributed by atoms with Crippen molar-refractivity contribution in [2.75, 3.05) is 0 Å². The third-order valence-corrected chi connectivity index (χ3v) is 8.43. The summed E-state index contributed by atoms with van der Waals surface area (Å²) in [6.07, 6.45) is 5.32. The van der Waals surface area contributed by atoms with E-state index in [1.165, 1.54) is 15.6 Å². The number of hydrogen-bond acceptors (Lipinski definition) is 8. The van der Waals surface area contributed by atoms with Gasteiger partial charge in [0, 0.05) is 46.1 Å². The van der Waals surface area contributed by atoms with Crippen LogP contribution >= 0.6 is 34.0 Å². The van der Waals surface area contributed by atoms with E-state index in [2.05, 4.69) is 112 Å². The van der Waals surface area contributed by atoms with Crippen LogP contribution in [-0.2, 0) is 0 Å². The molecule has 5 heterocycles. The van der Waals surface area contributed by atoms with E-state index in [4.69, 9.17) is 4.42 Å². The van der Waals surface area contributed by atoms with Crippen LogP contribution in [0.2, 0.25) is 0 Å². The molecule has 0 unspecified atom stereocenters.